The molecule has 0 aliphatic carbocycles. The second kappa shape index (κ2) is 11.3. The van der Waals surface area contributed by atoms with Crippen molar-refractivity contribution in [1.29, 1.82) is 0 Å². The van der Waals surface area contributed by atoms with Gasteiger partial charge in [-0.15, -0.1) is 11.8 Å². The van der Waals surface area contributed by atoms with Gasteiger partial charge in [-0.3, -0.25) is 14.5 Å². The molecule has 4 rings (SSSR count). The fourth-order valence-electron chi connectivity index (χ4n) is 3.60. The van der Waals surface area contributed by atoms with Crippen LogP contribution in [0.3, 0.4) is 0 Å². The molecule has 4 aromatic rings. The molecule has 1 N–H and O–H groups in total. The smallest absolute Gasteiger partial charge is 0.244 e. The molecule has 0 saturated heterocycles. The number of carbonyl (C=O) groups excluding carboxylic acids is 2. The van der Waals surface area contributed by atoms with Crippen molar-refractivity contribution in [2.45, 2.75) is 23.5 Å². The molecule has 4 aromatic carbocycles. The van der Waals surface area contributed by atoms with Crippen LogP contribution in [0.1, 0.15) is 12.5 Å². The van der Waals surface area contributed by atoms with E-state index in [0.29, 0.717) is 6.42 Å². The minimum absolute atomic E-state index is 0.00244. The monoisotopic (exact) mass is 466 g/mol. The number of amides is 2. The Morgan fingerprint density at radius 2 is 1.24 bits per heavy atom. The second-order valence-corrected chi connectivity index (χ2v) is 9.25. The third-order valence-electron chi connectivity index (χ3n) is 5.26. The number of benzene rings is 4. The van der Waals surface area contributed by atoms with E-state index in [2.05, 4.69) is 5.32 Å². The number of hydrogen-bond acceptors (Lipinski definition) is 3. The molecule has 2 amide bonds. The van der Waals surface area contributed by atoms with E-state index in [-0.39, 0.29) is 17.1 Å². The summed E-state index contributed by atoms with van der Waals surface area (Å²) < 4.78 is 0. The highest BCUT2D eigenvalue weighted by Gasteiger charge is 2.24. The van der Waals surface area contributed by atoms with Crippen molar-refractivity contribution in [3.8, 4) is 0 Å². The average molecular weight is 467 g/mol. The van der Waals surface area contributed by atoms with Crippen LogP contribution >= 0.6 is 11.8 Å². The Balaban J connectivity index is 1.41. The van der Waals surface area contributed by atoms with Gasteiger partial charge in [0.15, 0.2) is 0 Å². The maximum atomic E-state index is 13.5. The topological polar surface area (TPSA) is 49.4 Å². The molecule has 170 valence electrons. The first kappa shape index (κ1) is 23.3. The summed E-state index contributed by atoms with van der Waals surface area (Å²) in [4.78, 5) is 28.5. The molecule has 1 atom stereocenters. The van der Waals surface area contributed by atoms with E-state index in [1.54, 1.807) is 4.90 Å². The molecule has 0 heterocycles. The van der Waals surface area contributed by atoms with Gasteiger partial charge in [0.1, 0.15) is 0 Å². The van der Waals surface area contributed by atoms with E-state index in [1.165, 1.54) is 11.8 Å². The van der Waals surface area contributed by atoms with Gasteiger partial charge in [-0.1, -0.05) is 66.7 Å². The van der Waals surface area contributed by atoms with Crippen LogP contribution in [0.2, 0.25) is 0 Å². The zero-order valence-electron chi connectivity index (χ0n) is 18.9. The molecule has 0 aliphatic heterocycles. The molecule has 0 radical (unpaired) electrons. The van der Waals surface area contributed by atoms with Crippen molar-refractivity contribution < 1.29 is 9.59 Å². The maximum Gasteiger partial charge on any atom is 0.244 e. The van der Waals surface area contributed by atoms with Crippen LogP contribution in [0.4, 0.5) is 17.1 Å². The summed E-state index contributed by atoms with van der Waals surface area (Å²) in [5.41, 5.74) is 3.38. The third kappa shape index (κ3) is 6.15. The number of hydrogen-bond donors (Lipinski definition) is 1. The van der Waals surface area contributed by atoms with E-state index in [1.807, 2.05) is 122 Å². The summed E-state index contributed by atoms with van der Waals surface area (Å²) in [6, 6.07) is 36.6. The summed E-state index contributed by atoms with van der Waals surface area (Å²) in [5.74, 6) is -0.0563. The quantitative estimate of drug-likeness (QED) is 0.294. The summed E-state index contributed by atoms with van der Waals surface area (Å²) in [7, 11) is 0. The molecule has 34 heavy (non-hydrogen) atoms. The number of thioether (sulfide) groups is 1. The van der Waals surface area contributed by atoms with Gasteiger partial charge in [0.2, 0.25) is 11.8 Å². The van der Waals surface area contributed by atoms with Crippen LogP contribution in [0.5, 0.6) is 0 Å². The zero-order valence-corrected chi connectivity index (χ0v) is 19.7. The number of anilines is 3. The Kier molecular flexibility index (Phi) is 7.79. The van der Waals surface area contributed by atoms with Crippen LogP contribution in [-0.2, 0) is 16.0 Å². The highest BCUT2D eigenvalue weighted by Crippen LogP contribution is 2.31. The van der Waals surface area contributed by atoms with Gasteiger partial charge in [0, 0.05) is 22.0 Å². The van der Waals surface area contributed by atoms with Gasteiger partial charge in [-0.2, -0.15) is 0 Å². The van der Waals surface area contributed by atoms with E-state index in [0.717, 1.165) is 27.5 Å². The number of nitrogens with zero attached hydrogens (tertiary/aromatic N) is 1. The lowest BCUT2D eigenvalue weighted by Crippen LogP contribution is -2.32. The highest BCUT2D eigenvalue weighted by molar-refractivity contribution is 8.00. The number of carbonyl (C=O) groups is 2. The normalized spacial score (nSPS) is 11.4. The van der Waals surface area contributed by atoms with Crippen LogP contribution in [0.15, 0.2) is 120 Å². The fraction of sp³-hybridized carbons (Fsp3) is 0.103. The van der Waals surface area contributed by atoms with Gasteiger partial charge in [0.25, 0.3) is 0 Å². The van der Waals surface area contributed by atoms with Gasteiger partial charge in [-0.25, -0.2) is 0 Å². The van der Waals surface area contributed by atoms with Crippen molar-refractivity contribution in [3.05, 3.63) is 121 Å². The number of nitrogens with one attached hydrogen (secondary N) is 1. The maximum absolute atomic E-state index is 13.5. The lowest BCUT2D eigenvalue weighted by Gasteiger charge is -2.26. The first-order chi connectivity index (χ1) is 16.6. The summed E-state index contributed by atoms with van der Waals surface area (Å²) in [6.45, 7) is 1.92. The van der Waals surface area contributed by atoms with E-state index < -0.39 is 0 Å². The van der Waals surface area contributed by atoms with Crippen molar-refractivity contribution in [1.82, 2.24) is 0 Å². The standard InChI is InChI=1S/C29H26N2O2S/c1-22(29(33)31(25-13-7-3-8-14-25)26-15-9-4-10-16-26)34-27-19-17-24(18-20-27)30-28(32)21-23-11-5-2-6-12-23/h2-20,22H,21H2,1H3,(H,30,32). The number of rotatable bonds is 8. The third-order valence-corrected chi connectivity index (χ3v) is 6.35. The second-order valence-electron chi connectivity index (χ2n) is 7.84. The zero-order chi connectivity index (χ0) is 23.8. The Hall–Kier alpha value is -3.83. The molecule has 0 saturated carbocycles. The first-order valence-corrected chi connectivity index (χ1v) is 12.0. The predicted molar refractivity (Wildman–Crippen MR) is 141 cm³/mol. The van der Waals surface area contributed by atoms with Gasteiger partial charge in [-0.05, 0) is 61.0 Å². The van der Waals surface area contributed by atoms with E-state index in [4.69, 9.17) is 0 Å². The van der Waals surface area contributed by atoms with E-state index >= 15 is 0 Å². The van der Waals surface area contributed by atoms with Crippen LogP contribution in [0.25, 0.3) is 0 Å². The van der Waals surface area contributed by atoms with Crippen LogP contribution in [-0.4, -0.2) is 17.1 Å². The van der Waals surface area contributed by atoms with Gasteiger partial charge >= 0.3 is 0 Å². The largest absolute Gasteiger partial charge is 0.326 e. The average Bonchev–Trinajstić information content (AvgIpc) is 2.87. The minimum Gasteiger partial charge on any atom is -0.326 e. The van der Waals surface area contributed by atoms with Crippen molar-refractivity contribution in [2.24, 2.45) is 0 Å². The molecule has 0 aromatic heterocycles. The Morgan fingerprint density at radius 1 is 0.735 bits per heavy atom. The summed E-state index contributed by atoms with van der Waals surface area (Å²) in [6.07, 6.45) is 0.331. The Morgan fingerprint density at radius 3 is 1.76 bits per heavy atom. The van der Waals surface area contributed by atoms with E-state index in [9.17, 15) is 9.59 Å². The molecule has 0 aliphatic rings. The highest BCUT2D eigenvalue weighted by atomic mass is 32.2. The molecule has 5 heteroatoms. The number of para-hydroxylation sites is 2. The van der Waals surface area contributed by atoms with Crippen LogP contribution in [0, 0.1) is 0 Å². The molecular formula is C29H26N2O2S. The lowest BCUT2D eigenvalue weighted by molar-refractivity contribution is -0.117. The summed E-state index contributed by atoms with van der Waals surface area (Å²) >= 11 is 1.50. The molecule has 0 spiro atoms. The van der Waals surface area contributed by atoms with Crippen molar-refractivity contribution in [3.63, 3.8) is 0 Å². The Bertz CT molecular complexity index is 1170. The lowest BCUT2D eigenvalue weighted by atomic mass is 10.1. The summed E-state index contributed by atoms with van der Waals surface area (Å²) in [5, 5.41) is 2.63. The first-order valence-electron chi connectivity index (χ1n) is 11.1. The molecular weight excluding hydrogens is 440 g/mol. The predicted octanol–water partition coefficient (Wildman–Crippen LogP) is 6.71. The molecule has 0 bridgehead atoms. The van der Waals surface area contributed by atoms with Gasteiger partial charge in [0.05, 0.1) is 11.7 Å². The molecule has 4 nitrogen and oxygen atoms in total. The molecule has 1 unspecified atom stereocenters. The van der Waals surface area contributed by atoms with Crippen molar-refractivity contribution in [2.75, 3.05) is 10.2 Å². The fourth-order valence-corrected chi connectivity index (χ4v) is 4.50. The van der Waals surface area contributed by atoms with Crippen molar-refractivity contribution >= 4 is 40.6 Å². The SMILES string of the molecule is CC(Sc1ccc(NC(=O)Cc2ccccc2)cc1)C(=O)N(c1ccccc1)c1ccccc1. The van der Waals surface area contributed by atoms with Gasteiger partial charge < -0.3 is 5.32 Å². The molecule has 0 fully saturated rings. The Labute approximate surface area is 204 Å². The van der Waals surface area contributed by atoms with Crippen LogP contribution < -0.4 is 10.2 Å². The minimum atomic E-state index is -0.307.